The predicted octanol–water partition coefficient (Wildman–Crippen LogP) is -1.90. The van der Waals surface area contributed by atoms with Crippen LogP contribution in [-0.4, -0.2) is 88.9 Å². The van der Waals surface area contributed by atoms with Crippen LogP contribution in [-0.2, 0) is 0 Å². The number of hydrogen-bond acceptors (Lipinski definition) is 1. The fourth-order valence-corrected chi connectivity index (χ4v) is 3.52. The van der Waals surface area contributed by atoms with Gasteiger partial charge in [-0.05, 0) is 56.8 Å². The van der Waals surface area contributed by atoms with Crippen molar-refractivity contribution in [3.8, 4) is 0 Å². The molecule has 0 aromatic carbocycles. The standard InChI is InChI=1S/C9H20N.C7H12N.C6H9N2.3BF3.3FH/c1-3-7-10(2)8-5-4-6-9-10;1-3-8-5-4-7(2)6-8;1-2-5-8-6-3-4-7-8;3*2-1(3)4;;;/h3-9H2,1-2H3;4-7H,3H2,1-2H3;2-3,6H,1,4-5H2;;;;3*1H/q3*+1;;;;;;/p-3. The largest absolute Gasteiger partial charge is 1.00 e. The van der Waals surface area contributed by atoms with Crippen LogP contribution in [0.1, 0.15) is 46.5 Å². The first-order valence-electron chi connectivity index (χ1n) is 12.3. The zero-order valence-electron chi connectivity index (χ0n) is 23.9. The van der Waals surface area contributed by atoms with Crippen molar-refractivity contribution in [1.82, 2.24) is 0 Å². The highest BCUT2D eigenvalue weighted by Gasteiger charge is 2.22. The van der Waals surface area contributed by atoms with E-state index in [9.17, 15) is 38.8 Å². The zero-order valence-corrected chi connectivity index (χ0v) is 23.9. The van der Waals surface area contributed by atoms with E-state index >= 15 is 0 Å². The minimum atomic E-state index is -3.67. The third-order valence-electron chi connectivity index (χ3n) is 4.99. The van der Waals surface area contributed by atoms with Crippen LogP contribution in [0.3, 0.4) is 0 Å². The molecule has 0 amide bonds. The quantitative estimate of drug-likeness (QED) is 0.112. The van der Waals surface area contributed by atoms with Crippen LogP contribution < -0.4 is 14.1 Å². The molecule has 0 saturated carbocycles. The molecule has 3 aliphatic heterocycles. The van der Waals surface area contributed by atoms with Crippen molar-refractivity contribution in [2.75, 3.05) is 46.3 Å². The van der Waals surface area contributed by atoms with Gasteiger partial charge in [0.25, 0.3) is 0 Å². The van der Waals surface area contributed by atoms with Gasteiger partial charge in [0.15, 0.2) is 25.2 Å². The molecule has 19 heteroatoms. The summed E-state index contributed by atoms with van der Waals surface area (Å²) in [6, 6.07) is 0. The van der Waals surface area contributed by atoms with Crippen LogP contribution in [0.4, 0.5) is 38.8 Å². The van der Waals surface area contributed by atoms with Gasteiger partial charge in [-0.25, -0.2) is 4.58 Å². The van der Waals surface area contributed by atoms with E-state index in [1.807, 2.05) is 23.0 Å². The van der Waals surface area contributed by atoms with E-state index < -0.39 is 22.6 Å². The number of azo groups is 2. The van der Waals surface area contributed by atoms with E-state index in [0.717, 1.165) is 19.6 Å². The Bertz CT molecular complexity index is 667. The number of quaternary nitrogens is 1. The Hall–Kier alpha value is -2.20. The fourth-order valence-electron chi connectivity index (χ4n) is 3.52. The van der Waals surface area contributed by atoms with Gasteiger partial charge >= 0.3 is 22.6 Å². The Labute approximate surface area is 237 Å². The van der Waals surface area contributed by atoms with Crippen LogP contribution in [0.5, 0.6) is 0 Å². The molecule has 3 heterocycles. The van der Waals surface area contributed by atoms with Crippen LogP contribution in [0.2, 0.25) is 0 Å². The number of rotatable bonds is 5. The van der Waals surface area contributed by atoms with E-state index in [1.54, 1.807) is 0 Å². The lowest BCUT2D eigenvalue weighted by Crippen LogP contribution is -3.00. The van der Waals surface area contributed by atoms with Crippen LogP contribution in [0, 0.1) is 5.92 Å². The lowest BCUT2D eigenvalue weighted by molar-refractivity contribution is -0.914. The van der Waals surface area contributed by atoms with E-state index in [0.29, 0.717) is 5.92 Å². The summed E-state index contributed by atoms with van der Waals surface area (Å²) in [6.45, 7) is 17.2. The minimum absolute atomic E-state index is 0. The molecule has 3 rings (SSSR count). The maximum absolute atomic E-state index is 9.67. The number of likely N-dealkylation sites (tertiary alicyclic amines) is 1. The second-order valence-corrected chi connectivity index (χ2v) is 8.39. The molecule has 4 nitrogen and oxygen atoms in total. The molecule has 0 radical (unpaired) electrons. The van der Waals surface area contributed by atoms with E-state index in [4.69, 9.17) is 0 Å². The first kappa shape index (κ1) is 51.5. The fraction of sp³-hybridized carbons (Fsp3) is 0.682. The van der Waals surface area contributed by atoms with Gasteiger partial charge in [0.2, 0.25) is 0 Å². The van der Waals surface area contributed by atoms with Crippen molar-refractivity contribution >= 4 is 28.8 Å². The molecular weight excluding hydrogens is 581 g/mol. The summed E-state index contributed by atoms with van der Waals surface area (Å²) in [5, 5.41) is 4.08. The predicted molar refractivity (Wildman–Crippen MR) is 139 cm³/mol. The molecule has 0 aliphatic carbocycles. The van der Waals surface area contributed by atoms with E-state index in [1.165, 1.54) is 49.8 Å². The molecule has 0 aromatic heterocycles. The smallest absolute Gasteiger partial charge is 0.762 e. The molecule has 0 N–H and O–H groups in total. The second kappa shape index (κ2) is 34.0. The lowest BCUT2D eigenvalue weighted by Gasteiger charge is -2.37. The molecule has 41 heavy (non-hydrogen) atoms. The Kier molecular flexibility index (Phi) is 42.7. The minimum Gasteiger partial charge on any atom is -1.00 e. The van der Waals surface area contributed by atoms with Gasteiger partial charge in [0.05, 0.1) is 32.6 Å². The van der Waals surface area contributed by atoms with Gasteiger partial charge in [-0.3, -0.25) is 38.8 Å². The number of piperidine rings is 1. The van der Waals surface area contributed by atoms with Gasteiger partial charge in [-0.2, -0.15) is 0 Å². The highest BCUT2D eigenvalue weighted by Crippen LogP contribution is 2.16. The second-order valence-electron chi connectivity index (χ2n) is 8.39. The third-order valence-corrected chi connectivity index (χ3v) is 4.99. The average molecular weight is 622 g/mol. The Morgan fingerprint density at radius 1 is 0.878 bits per heavy atom. The molecule has 0 aromatic rings. The summed E-state index contributed by atoms with van der Waals surface area (Å²) < 4.78 is 92.4. The molecule has 1 unspecified atom stereocenters. The van der Waals surface area contributed by atoms with Crippen LogP contribution >= 0.6 is 0 Å². The van der Waals surface area contributed by atoms with Crippen molar-refractivity contribution in [2.24, 2.45) is 11.0 Å². The van der Waals surface area contributed by atoms with Crippen molar-refractivity contribution < 1.29 is 66.7 Å². The van der Waals surface area contributed by atoms with Gasteiger partial charge in [0, 0.05) is 6.08 Å². The van der Waals surface area contributed by atoms with Crippen molar-refractivity contribution in [3.05, 3.63) is 37.2 Å². The van der Waals surface area contributed by atoms with Crippen molar-refractivity contribution in [2.45, 2.75) is 46.5 Å². The van der Waals surface area contributed by atoms with Gasteiger partial charge in [-0.15, -0.1) is 0 Å². The summed E-state index contributed by atoms with van der Waals surface area (Å²) in [5.41, 5.74) is 0. The SMILES string of the molecule is C=CC[N+]1=NCC=C1.CCC[N+]1(C)CCCCC1.CC[N+]1=CC(C)C=C1.FB(F)F.FB(F)F.FB(F)F.[F-].[F-].[F-]. The van der Waals surface area contributed by atoms with Gasteiger partial charge < -0.3 is 18.6 Å². The molecule has 1 fully saturated rings. The highest BCUT2D eigenvalue weighted by atomic mass is 19.4. The molecule has 1 saturated heterocycles. The average Bonchev–Trinajstić information content (AvgIpc) is 3.46. The molecular formula is C22H41B3F12N4. The lowest BCUT2D eigenvalue weighted by atomic mass is 10.1. The van der Waals surface area contributed by atoms with Crippen molar-refractivity contribution in [3.63, 3.8) is 0 Å². The summed E-state index contributed by atoms with van der Waals surface area (Å²) in [6.07, 6.45) is 18.1. The van der Waals surface area contributed by atoms with Gasteiger partial charge in [-0.1, -0.05) is 18.2 Å². The van der Waals surface area contributed by atoms with Crippen LogP contribution in [0.15, 0.2) is 42.3 Å². The third kappa shape index (κ3) is 45.0. The summed E-state index contributed by atoms with van der Waals surface area (Å²) >= 11 is 0. The Morgan fingerprint density at radius 2 is 1.34 bits per heavy atom. The van der Waals surface area contributed by atoms with E-state index in [-0.39, 0.29) is 14.1 Å². The highest BCUT2D eigenvalue weighted by molar-refractivity contribution is 6.33. The van der Waals surface area contributed by atoms with Crippen LogP contribution in [0.25, 0.3) is 0 Å². The number of allylic oxidation sites excluding steroid dienone is 1. The molecule has 0 bridgehead atoms. The topological polar surface area (TPSA) is 18.4 Å². The van der Waals surface area contributed by atoms with E-state index in [2.05, 4.69) is 62.6 Å². The van der Waals surface area contributed by atoms with Crippen molar-refractivity contribution in [1.29, 1.82) is 0 Å². The first-order valence-corrected chi connectivity index (χ1v) is 12.3. The number of halogens is 12. The molecule has 3 aliphatic rings. The number of nitrogens with zero attached hydrogens (tertiary/aromatic N) is 4. The maximum atomic E-state index is 9.67. The Balaban J connectivity index is -0.0000000919. The molecule has 242 valence electrons. The van der Waals surface area contributed by atoms with Gasteiger partial charge in [0.1, 0.15) is 13.1 Å². The first-order chi connectivity index (χ1) is 17.7. The summed E-state index contributed by atoms with van der Waals surface area (Å²) in [7, 11) is -8.59. The normalized spacial score (nSPS) is 16.3. The monoisotopic (exact) mass is 622 g/mol. The molecule has 0 spiro atoms. The summed E-state index contributed by atoms with van der Waals surface area (Å²) in [4.78, 5) is 0. The number of hydrogen-bond donors (Lipinski definition) is 0. The Morgan fingerprint density at radius 3 is 1.61 bits per heavy atom. The summed E-state index contributed by atoms with van der Waals surface area (Å²) in [5.74, 6) is 0.648. The molecule has 1 atom stereocenters. The zero-order chi connectivity index (χ0) is 30.0. The maximum Gasteiger partial charge on any atom is 0.762 e.